The maximum absolute atomic E-state index is 15.1. The summed E-state index contributed by atoms with van der Waals surface area (Å²) in [7, 11) is 0. The number of fused-ring (bicyclic) bond motifs is 2. The third kappa shape index (κ3) is 4.54. The van der Waals surface area contributed by atoms with Gasteiger partial charge in [0.05, 0.1) is 33.9 Å². The normalized spacial score (nSPS) is 11.8. The Bertz CT molecular complexity index is 1810. The van der Waals surface area contributed by atoms with Crippen LogP contribution in [0.4, 0.5) is 22.7 Å². The summed E-state index contributed by atoms with van der Waals surface area (Å²) >= 11 is 0.938. The second-order valence-corrected chi connectivity index (χ2v) is 9.15. The van der Waals surface area contributed by atoms with Gasteiger partial charge in [-0.2, -0.15) is 5.10 Å². The molecule has 1 amide bonds. The zero-order valence-corrected chi connectivity index (χ0v) is 19.8. The number of carbonyl (C=O) groups is 1. The molecule has 2 aromatic carbocycles. The second kappa shape index (κ2) is 8.95. The molecule has 0 aliphatic rings. The number of aromatic amines is 1. The number of hydrogen-bond donors (Lipinski definition) is 2. The van der Waals surface area contributed by atoms with Crippen molar-refractivity contribution in [2.45, 2.75) is 6.36 Å². The molecule has 0 fully saturated rings. The summed E-state index contributed by atoms with van der Waals surface area (Å²) in [5.41, 5.74) is 3.69. The first-order valence-electron chi connectivity index (χ1n) is 11.0. The lowest BCUT2D eigenvalue weighted by atomic mass is 10.1. The molecule has 0 saturated heterocycles. The van der Waals surface area contributed by atoms with Gasteiger partial charge in [-0.1, -0.05) is 17.4 Å². The molecule has 0 unspecified atom stereocenters. The first-order valence-corrected chi connectivity index (χ1v) is 11.8. The number of nitrogens with one attached hydrogen (secondary N) is 2. The van der Waals surface area contributed by atoms with Crippen LogP contribution in [0.3, 0.4) is 0 Å². The molecule has 8 nitrogen and oxygen atoms in total. The summed E-state index contributed by atoms with van der Waals surface area (Å²) in [6.07, 6.45) is 2.08. The molecule has 0 spiro atoms. The number of H-pyrrole nitrogens is 1. The van der Waals surface area contributed by atoms with Crippen molar-refractivity contribution >= 4 is 38.2 Å². The van der Waals surface area contributed by atoms with E-state index in [1.807, 2.05) is 22.7 Å². The molecule has 0 atom stereocenters. The minimum atomic E-state index is -4.83. The highest BCUT2D eigenvalue weighted by Crippen LogP contribution is 2.32. The molecular formula is C25H14F4N6O2S. The molecule has 0 saturated carbocycles. The number of benzene rings is 2. The van der Waals surface area contributed by atoms with Crippen LogP contribution < -0.4 is 10.1 Å². The molecule has 4 aromatic heterocycles. The predicted molar refractivity (Wildman–Crippen MR) is 132 cm³/mol. The van der Waals surface area contributed by atoms with E-state index >= 15 is 4.39 Å². The second-order valence-electron chi connectivity index (χ2n) is 8.12. The van der Waals surface area contributed by atoms with Crippen LogP contribution in [0.2, 0.25) is 0 Å². The van der Waals surface area contributed by atoms with E-state index in [1.165, 1.54) is 24.3 Å². The van der Waals surface area contributed by atoms with Gasteiger partial charge in [0.15, 0.2) is 5.13 Å². The molecule has 2 N–H and O–H groups in total. The van der Waals surface area contributed by atoms with Crippen LogP contribution >= 0.6 is 11.3 Å². The van der Waals surface area contributed by atoms with Crippen LogP contribution in [-0.2, 0) is 0 Å². The Hall–Kier alpha value is -4.78. The van der Waals surface area contributed by atoms with Crippen LogP contribution in [0.1, 0.15) is 10.4 Å². The lowest BCUT2D eigenvalue weighted by Crippen LogP contribution is -2.16. The number of alkyl halides is 3. The third-order valence-electron chi connectivity index (χ3n) is 5.66. The molecule has 0 aliphatic heterocycles. The van der Waals surface area contributed by atoms with Gasteiger partial charge in [0.25, 0.3) is 5.91 Å². The molecule has 6 rings (SSSR count). The summed E-state index contributed by atoms with van der Waals surface area (Å²) in [5.74, 6) is -1.92. The molecule has 0 bridgehead atoms. The molecule has 4 heterocycles. The number of anilines is 1. The quantitative estimate of drug-likeness (QED) is 0.252. The zero-order chi connectivity index (χ0) is 26.4. The summed E-state index contributed by atoms with van der Waals surface area (Å²) in [5, 5.41) is 9.32. The molecule has 6 aromatic rings. The Labute approximate surface area is 214 Å². The number of hydrogen-bond acceptors (Lipinski definition) is 6. The van der Waals surface area contributed by atoms with Crippen molar-refractivity contribution in [3.63, 3.8) is 0 Å². The number of ether oxygens (including phenoxy) is 1. The lowest BCUT2D eigenvalue weighted by molar-refractivity contribution is -0.274. The number of rotatable bonds is 5. The van der Waals surface area contributed by atoms with E-state index in [1.54, 1.807) is 24.7 Å². The number of amides is 1. The van der Waals surface area contributed by atoms with Crippen molar-refractivity contribution < 1.29 is 27.1 Å². The standard InChI is InChI=1S/C25H14F4N6O2S/c26-18-7-13(20-11-30-22-6-2-14(12-35(20)22)15-9-31-32-10-15)1-4-17(18)23(36)34-24-33-19-5-3-16(8-21(19)38-24)37-25(27,28)29/h1-12H,(H,31,32)(H,33,34,36). The van der Waals surface area contributed by atoms with Gasteiger partial charge in [-0.25, -0.2) is 14.4 Å². The van der Waals surface area contributed by atoms with Crippen LogP contribution in [0.25, 0.3) is 38.2 Å². The maximum atomic E-state index is 15.1. The third-order valence-corrected chi connectivity index (χ3v) is 6.59. The van der Waals surface area contributed by atoms with Crippen LogP contribution in [-0.4, -0.2) is 36.8 Å². The van der Waals surface area contributed by atoms with Gasteiger partial charge >= 0.3 is 6.36 Å². The molecule has 13 heteroatoms. The van der Waals surface area contributed by atoms with E-state index in [2.05, 4.69) is 30.2 Å². The van der Waals surface area contributed by atoms with Gasteiger partial charge in [0.2, 0.25) is 0 Å². The minimum Gasteiger partial charge on any atom is -0.406 e. The van der Waals surface area contributed by atoms with Gasteiger partial charge in [0, 0.05) is 35.2 Å². The minimum absolute atomic E-state index is 0.103. The number of halogens is 4. The smallest absolute Gasteiger partial charge is 0.406 e. The lowest BCUT2D eigenvalue weighted by Gasteiger charge is -2.07. The summed E-state index contributed by atoms with van der Waals surface area (Å²) in [6, 6.07) is 11.6. The van der Waals surface area contributed by atoms with Gasteiger partial charge in [-0.05, 0) is 36.4 Å². The highest BCUT2D eigenvalue weighted by molar-refractivity contribution is 7.22. The first kappa shape index (κ1) is 23.6. The van der Waals surface area contributed by atoms with E-state index in [0.29, 0.717) is 27.1 Å². The molecule has 0 aliphatic carbocycles. The van der Waals surface area contributed by atoms with E-state index in [4.69, 9.17) is 0 Å². The van der Waals surface area contributed by atoms with E-state index < -0.39 is 23.8 Å². The largest absolute Gasteiger partial charge is 0.573 e. The van der Waals surface area contributed by atoms with Crippen LogP contribution in [0.15, 0.2) is 73.3 Å². The molecule has 190 valence electrons. The van der Waals surface area contributed by atoms with Crippen LogP contribution in [0.5, 0.6) is 5.75 Å². The van der Waals surface area contributed by atoms with E-state index in [9.17, 15) is 18.0 Å². The van der Waals surface area contributed by atoms with Crippen molar-refractivity contribution in [3.8, 4) is 28.1 Å². The average molecular weight is 538 g/mol. The van der Waals surface area contributed by atoms with Gasteiger partial charge < -0.3 is 4.74 Å². The van der Waals surface area contributed by atoms with Gasteiger partial charge in [0.1, 0.15) is 17.2 Å². The zero-order valence-electron chi connectivity index (χ0n) is 19.0. The fourth-order valence-electron chi connectivity index (χ4n) is 3.95. The fraction of sp³-hybridized carbons (Fsp3) is 0.0400. The van der Waals surface area contributed by atoms with E-state index in [-0.39, 0.29) is 10.7 Å². The fourth-order valence-corrected chi connectivity index (χ4v) is 4.84. The summed E-state index contributed by atoms with van der Waals surface area (Å²) < 4.78 is 58.6. The number of thiazole rings is 1. The number of aromatic nitrogens is 5. The first-order chi connectivity index (χ1) is 18.2. The van der Waals surface area contributed by atoms with Crippen molar-refractivity contribution in [2.24, 2.45) is 0 Å². The summed E-state index contributed by atoms with van der Waals surface area (Å²) in [4.78, 5) is 21.3. The van der Waals surface area contributed by atoms with Gasteiger partial charge in [-0.3, -0.25) is 19.6 Å². The SMILES string of the molecule is O=C(Nc1nc2ccc(OC(F)(F)F)cc2s1)c1ccc(-c2cnc3ccc(-c4cn[nH]c4)cn23)cc1F. The highest BCUT2D eigenvalue weighted by atomic mass is 32.1. The predicted octanol–water partition coefficient (Wildman–Crippen LogP) is 6.29. The van der Waals surface area contributed by atoms with Crippen molar-refractivity contribution in [1.82, 2.24) is 24.6 Å². The number of carbonyl (C=O) groups excluding carboxylic acids is 1. The molecule has 0 radical (unpaired) electrons. The Morgan fingerprint density at radius 2 is 1.87 bits per heavy atom. The van der Waals surface area contributed by atoms with Crippen molar-refractivity contribution in [2.75, 3.05) is 5.32 Å². The van der Waals surface area contributed by atoms with Crippen molar-refractivity contribution in [3.05, 3.63) is 84.7 Å². The Balaban J connectivity index is 1.25. The Kier molecular flexibility index (Phi) is 5.56. The molecule has 38 heavy (non-hydrogen) atoms. The monoisotopic (exact) mass is 538 g/mol. The number of pyridine rings is 1. The highest BCUT2D eigenvalue weighted by Gasteiger charge is 2.31. The Morgan fingerprint density at radius 1 is 1.03 bits per heavy atom. The van der Waals surface area contributed by atoms with Crippen LogP contribution in [0, 0.1) is 5.82 Å². The number of nitrogens with zero attached hydrogens (tertiary/aromatic N) is 4. The average Bonchev–Trinajstić information content (AvgIpc) is 3.61. The molecular weight excluding hydrogens is 524 g/mol. The maximum Gasteiger partial charge on any atom is 0.573 e. The van der Waals surface area contributed by atoms with Gasteiger partial charge in [-0.15, -0.1) is 13.2 Å². The summed E-state index contributed by atoms with van der Waals surface area (Å²) in [6.45, 7) is 0. The topological polar surface area (TPSA) is 97.2 Å². The van der Waals surface area contributed by atoms with Crippen molar-refractivity contribution in [1.29, 1.82) is 0 Å². The van der Waals surface area contributed by atoms with E-state index in [0.717, 1.165) is 28.5 Å². The Morgan fingerprint density at radius 3 is 2.63 bits per heavy atom. The number of imidazole rings is 1.